The number of carbonyl (C=O) groups excluding carboxylic acids is 2. The van der Waals surface area contributed by atoms with Gasteiger partial charge in [-0.1, -0.05) is 72.8 Å². The van der Waals surface area contributed by atoms with Gasteiger partial charge in [-0.15, -0.1) is 0 Å². The lowest BCUT2D eigenvalue weighted by atomic mass is 10.0. The van der Waals surface area contributed by atoms with Crippen LogP contribution in [0.4, 0.5) is 0 Å². The van der Waals surface area contributed by atoms with E-state index in [1.807, 2.05) is 96.8 Å². The smallest absolute Gasteiger partial charge is 0.278 e. The summed E-state index contributed by atoms with van der Waals surface area (Å²) in [7, 11) is 1.60. The summed E-state index contributed by atoms with van der Waals surface area (Å²) < 4.78 is 5.27. The number of rotatable bonds is 8. The molecule has 1 aliphatic heterocycles. The van der Waals surface area contributed by atoms with Crippen LogP contribution in [0.15, 0.2) is 90.6 Å². The highest BCUT2D eigenvalue weighted by atomic mass is 16.5. The fourth-order valence-electron chi connectivity index (χ4n) is 3.94. The van der Waals surface area contributed by atoms with E-state index in [0.717, 1.165) is 11.1 Å². The first-order valence-electron chi connectivity index (χ1n) is 10.7. The number of hydrogen-bond donors (Lipinski definition) is 0. The van der Waals surface area contributed by atoms with Crippen molar-refractivity contribution < 1.29 is 14.3 Å². The third-order valence-corrected chi connectivity index (χ3v) is 5.62. The Labute approximate surface area is 188 Å². The molecule has 3 aromatic carbocycles. The molecule has 0 atom stereocenters. The fourth-order valence-corrected chi connectivity index (χ4v) is 3.94. The summed E-state index contributed by atoms with van der Waals surface area (Å²) in [4.78, 5) is 30.5. The van der Waals surface area contributed by atoms with Crippen molar-refractivity contribution in [2.45, 2.75) is 20.0 Å². The molecule has 0 saturated heterocycles. The van der Waals surface area contributed by atoms with E-state index in [1.54, 1.807) is 7.11 Å². The molecule has 0 spiro atoms. The third kappa shape index (κ3) is 4.28. The number of ether oxygens (including phenoxy) is 1. The molecule has 1 aliphatic rings. The van der Waals surface area contributed by atoms with Gasteiger partial charge in [0.15, 0.2) is 0 Å². The van der Waals surface area contributed by atoms with E-state index in [1.165, 1.54) is 4.90 Å². The predicted octanol–water partition coefficient (Wildman–Crippen LogP) is 4.50. The Kier molecular flexibility index (Phi) is 6.36. The van der Waals surface area contributed by atoms with E-state index in [2.05, 4.69) is 0 Å². The van der Waals surface area contributed by atoms with E-state index in [-0.39, 0.29) is 18.4 Å². The molecule has 0 unspecified atom stereocenters. The lowest BCUT2D eigenvalue weighted by molar-refractivity contribution is -0.138. The molecule has 0 aliphatic carbocycles. The van der Waals surface area contributed by atoms with Gasteiger partial charge >= 0.3 is 0 Å². The summed E-state index contributed by atoms with van der Waals surface area (Å²) in [5.41, 5.74) is 3.59. The second kappa shape index (κ2) is 9.52. The molecule has 0 aromatic heterocycles. The van der Waals surface area contributed by atoms with Crippen molar-refractivity contribution in [3.63, 3.8) is 0 Å². The van der Waals surface area contributed by atoms with Crippen LogP contribution in [0.1, 0.15) is 23.6 Å². The zero-order chi connectivity index (χ0) is 22.5. The highest BCUT2D eigenvalue weighted by Crippen LogP contribution is 2.34. The third-order valence-electron chi connectivity index (χ3n) is 5.62. The second-order valence-electron chi connectivity index (χ2n) is 7.63. The lowest BCUT2D eigenvalue weighted by Gasteiger charge is -2.25. The van der Waals surface area contributed by atoms with Crippen molar-refractivity contribution in [2.75, 3.05) is 13.7 Å². The van der Waals surface area contributed by atoms with Gasteiger partial charge in [0.25, 0.3) is 11.8 Å². The van der Waals surface area contributed by atoms with Gasteiger partial charge in [-0.05, 0) is 35.7 Å². The predicted molar refractivity (Wildman–Crippen MR) is 124 cm³/mol. The molecule has 0 bridgehead atoms. The Morgan fingerprint density at radius 2 is 1.38 bits per heavy atom. The molecule has 0 saturated carbocycles. The zero-order valence-corrected chi connectivity index (χ0v) is 18.3. The Morgan fingerprint density at radius 1 is 0.781 bits per heavy atom. The molecular formula is C27H26N2O3. The Balaban J connectivity index is 1.76. The van der Waals surface area contributed by atoms with Crippen molar-refractivity contribution in [2.24, 2.45) is 0 Å². The number of imide groups is 1. The Hall–Kier alpha value is -3.86. The molecule has 0 fully saturated rings. The lowest BCUT2D eigenvalue weighted by Crippen LogP contribution is -2.34. The topological polar surface area (TPSA) is 49.9 Å². The van der Waals surface area contributed by atoms with E-state index >= 15 is 0 Å². The maximum atomic E-state index is 13.6. The summed E-state index contributed by atoms with van der Waals surface area (Å²) in [5.74, 6) is 0.165. The molecule has 3 aromatic rings. The normalized spacial score (nSPS) is 13.6. The molecule has 162 valence electrons. The molecule has 0 radical (unpaired) electrons. The molecule has 0 N–H and O–H groups in total. The first-order chi connectivity index (χ1) is 15.6. The van der Waals surface area contributed by atoms with Gasteiger partial charge in [0.1, 0.15) is 11.4 Å². The summed E-state index contributed by atoms with van der Waals surface area (Å²) in [5, 5.41) is 0. The highest BCUT2D eigenvalue weighted by Gasteiger charge is 2.41. The van der Waals surface area contributed by atoms with Crippen molar-refractivity contribution in [1.29, 1.82) is 0 Å². The van der Waals surface area contributed by atoms with Crippen LogP contribution in [0.3, 0.4) is 0 Å². The van der Waals surface area contributed by atoms with E-state index < -0.39 is 0 Å². The minimum absolute atomic E-state index is 0.241. The molecule has 2 amide bonds. The van der Waals surface area contributed by atoms with Gasteiger partial charge < -0.3 is 9.64 Å². The fraction of sp³-hybridized carbons (Fsp3) is 0.185. The van der Waals surface area contributed by atoms with Crippen LogP contribution in [-0.4, -0.2) is 35.3 Å². The Morgan fingerprint density at radius 3 is 1.94 bits per heavy atom. The molecule has 1 heterocycles. The molecule has 5 nitrogen and oxygen atoms in total. The number of benzene rings is 3. The number of methoxy groups -OCH3 is 1. The van der Waals surface area contributed by atoms with Crippen molar-refractivity contribution in [1.82, 2.24) is 9.80 Å². The highest BCUT2D eigenvalue weighted by molar-refractivity contribution is 6.35. The first-order valence-corrected chi connectivity index (χ1v) is 10.7. The molecule has 4 rings (SSSR count). The Bertz CT molecular complexity index is 1120. The van der Waals surface area contributed by atoms with Crippen molar-refractivity contribution in [3.8, 4) is 5.75 Å². The zero-order valence-electron chi connectivity index (χ0n) is 18.3. The molecular weight excluding hydrogens is 400 g/mol. The van der Waals surface area contributed by atoms with Crippen LogP contribution >= 0.6 is 0 Å². The van der Waals surface area contributed by atoms with Crippen LogP contribution in [0.2, 0.25) is 0 Å². The van der Waals surface area contributed by atoms with Gasteiger partial charge in [0.05, 0.1) is 19.2 Å². The quantitative estimate of drug-likeness (QED) is 0.498. The largest absolute Gasteiger partial charge is 0.497 e. The van der Waals surface area contributed by atoms with Gasteiger partial charge in [0, 0.05) is 13.1 Å². The number of nitrogens with zero attached hydrogens (tertiary/aromatic N) is 2. The van der Waals surface area contributed by atoms with Crippen molar-refractivity contribution >= 4 is 17.4 Å². The average molecular weight is 427 g/mol. The maximum absolute atomic E-state index is 13.6. The van der Waals surface area contributed by atoms with Crippen LogP contribution in [0, 0.1) is 0 Å². The van der Waals surface area contributed by atoms with Crippen molar-refractivity contribution in [3.05, 3.63) is 107 Å². The first kappa shape index (κ1) is 21.4. The van der Waals surface area contributed by atoms with Gasteiger partial charge in [-0.2, -0.15) is 0 Å². The van der Waals surface area contributed by atoms with E-state index in [9.17, 15) is 9.59 Å². The number of hydrogen-bond acceptors (Lipinski definition) is 4. The van der Waals surface area contributed by atoms with Gasteiger partial charge in [0.2, 0.25) is 0 Å². The average Bonchev–Trinajstić information content (AvgIpc) is 3.08. The monoisotopic (exact) mass is 426 g/mol. The van der Waals surface area contributed by atoms with Crippen LogP contribution < -0.4 is 4.74 Å². The summed E-state index contributed by atoms with van der Waals surface area (Å²) in [6.07, 6.45) is 0. The van der Waals surface area contributed by atoms with E-state index in [0.29, 0.717) is 35.7 Å². The number of carbonyl (C=O) groups is 2. The number of amides is 2. The van der Waals surface area contributed by atoms with Gasteiger partial charge in [-0.3, -0.25) is 14.5 Å². The van der Waals surface area contributed by atoms with Crippen LogP contribution in [0.25, 0.3) is 5.57 Å². The summed E-state index contributed by atoms with van der Waals surface area (Å²) in [6, 6.07) is 26.9. The second-order valence-corrected chi connectivity index (χ2v) is 7.63. The minimum atomic E-state index is -0.273. The molecule has 32 heavy (non-hydrogen) atoms. The maximum Gasteiger partial charge on any atom is 0.278 e. The standard InChI is InChI=1S/C27H26N2O3/c1-3-28(18-20-10-6-4-7-11-20)25-24(22-14-16-23(32-2)17-15-22)26(30)29(27(25)31)19-21-12-8-5-9-13-21/h4-17H,3,18-19H2,1-2H3. The summed E-state index contributed by atoms with van der Waals surface area (Å²) >= 11 is 0. The minimum Gasteiger partial charge on any atom is -0.497 e. The van der Waals surface area contributed by atoms with Crippen LogP contribution in [0.5, 0.6) is 5.75 Å². The molecule has 5 heteroatoms. The summed E-state index contributed by atoms with van der Waals surface area (Å²) in [6.45, 7) is 3.39. The van der Waals surface area contributed by atoms with Crippen LogP contribution in [-0.2, 0) is 22.7 Å². The number of likely N-dealkylation sites (N-methyl/N-ethyl adjacent to an activating group) is 1. The van der Waals surface area contributed by atoms with E-state index in [4.69, 9.17) is 4.74 Å². The van der Waals surface area contributed by atoms with Gasteiger partial charge in [-0.25, -0.2) is 0 Å². The SMILES string of the molecule is CCN(Cc1ccccc1)C1=C(c2ccc(OC)cc2)C(=O)N(Cc2ccccc2)C1=O.